The van der Waals surface area contributed by atoms with Crippen LogP contribution in [0.3, 0.4) is 0 Å². The van der Waals surface area contributed by atoms with Crippen molar-refractivity contribution in [3.8, 4) is 17.1 Å². The van der Waals surface area contributed by atoms with E-state index in [1.54, 1.807) is 7.11 Å². The monoisotopic (exact) mass is 257 g/mol. The molecule has 19 heavy (non-hydrogen) atoms. The Kier molecular flexibility index (Phi) is 4.00. The number of hydrogen-bond acceptors (Lipinski definition) is 4. The summed E-state index contributed by atoms with van der Waals surface area (Å²) in [7, 11) is 3.54. The molecule has 0 saturated heterocycles. The molecule has 4 nitrogen and oxygen atoms in total. The highest BCUT2D eigenvalue weighted by atomic mass is 16.5. The molecule has 0 saturated carbocycles. The van der Waals surface area contributed by atoms with Crippen LogP contribution in [0.1, 0.15) is 18.2 Å². The fraction of sp³-hybridized carbons (Fsp3) is 0.333. The third-order valence-electron chi connectivity index (χ3n) is 3.17. The van der Waals surface area contributed by atoms with Gasteiger partial charge in [-0.15, -0.1) is 0 Å². The number of aryl methyl sites for hydroxylation is 1. The van der Waals surface area contributed by atoms with Crippen LogP contribution in [0.25, 0.3) is 11.4 Å². The molecule has 1 aromatic carbocycles. The Hall–Kier alpha value is -2.10. The molecule has 0 aliphatic heterocycles. The number of methoxy groups -OCH3 is 1. The van der Waals surface area contributed by atoms with Gasteiger partial charge in [-0.1, -0.05) is 6.92 Å². The van der Waals surface area contributed by atoms with Crippen molar-refractivity contribution in [2.75, 3.05) is 19.5 Å². The second-order valence-corrected chi connectivity index (χ2v) is 4.30. The second-order valence-electron chi connectivity index (χ2n) is 4.30. The lowest BCUT2D eigenvalue weighted by atomic mass is 10.1. The lowest BCUT2D eigenvalue weighted by Crippen LogP contribution is -2.04. The Labute approximate surface area is 113 Å². The maximum Gasteiger partial charge on any atom is 0.161 e. The van der Waals surface area contributed by atoms with Gasteiger partial charge in [0.1, 0.15) is 11.6 Å². The van der Waals surface area contributed by atoms with Crippen LogP contribution >= 0.6 is 0 Å². The van der Waals surface area contributed by atoms with Crippen molar-refractivity contribution in [2.24, 2.45) is 0 Å². The van der Waals surface area contributed by atoms with E-state index in [9.17, 15) is 0 Å². The van der Waals surface area contributed by atoms with Crippen LogP contribution in [0.4, 0.5) is 5.82 Å². The van der Waals surface area contributed by atoms with Crippen LogP contribution in [-0.4, -0.2) is 24.1 Å². The first-order valence-electron chi connectivity index (χ1n) is 6.39. The summed E-state index contributed by atoms with van der Waals surface area (Å²) in [4.78, 5) is 9.20. The van der Waals surface area contributed by atoms with E-state index >= 15 is 0 Å². The van der Waals surface area contributed by atoms with Crippen molar-refractivity contribution in [3.63, 3.8) is 0 Å². The van der Waals surface area contributed by atoms with Gasteiger partial charge >= 0.3 is 0 Å². The lowest BCUT2D eigenvalue weighted by Gasteiger charge is -2.11. The minimum atomic E-state index is 0.745. The van der Waals surface area contributed by atoms with Crippen molar-refractivity contribution >= 4 is 5.82 Å². The van der Waals surface area contributed by atoms with E-state index < -0.39 is 0 Å². The predicted molar refractivity (Wildman–Crippen MR) is 77.7 cm³/mol. The molecule has 0 spiro atoms. The zero-order valence-electron chi connectivity index (χ0n) is 11.8. The first-order valence-corrected chi connectivity index (χ1v) is 6.39. The van der Waals surface area contributed by atoms with E-state index in [1.165, 1.54) is 0 Å². The maximum absolute atomic E-state index is 5.16. The van der Waals surface area contributed by atoms with Gasteiger partial charge in [0.25, 0.3) is 0 Å². The molecule has 0 amide bonds. The molecule has 1 N–H and O–H groups in total. The van der Waals surface area contributed by atoms with Gasteiger partial charge in [-0.05, 0) is 37.6 Å². The summed E-state index contributed by atoms with van der Waals surface area (Å²) in [6, 6.07) is 7.79. The van der Waals surface area contributed by atoms with Crippen LogP contribution in [0.2, 0.25) is 0 Å². The maximum atomic E-state index is 5.16. The minimum Gasteiger partial charge on any atom is -0.497 e. The van der Waals surface area contributed by atoms with Crippen LogP contribution in [0, 0.1) is 6.92 Å². The highest BCUT2D eigenvalue weighted by Crippen LogP contribution is 2.23. The van der Waals surface area contributed by atoms with Crippen molar-refractivity contribution in [1.29, 1.82) is 0 Å². The molecule has 0 fully saturated rings. The SMILES string of the molecule is CCc1nc(-c2ccc(OC)cc2)nc(NC)c1C. The molecule has 0 bridgehead atoms. The van der Waals surface area contributed by atoms with Crippen molar-refractivity contribution in [2.45, 2.75) is 20.3 Å². The number of aromatic nitrogens is 2. The Balaban J connectivity index is 2.48. The summed E-state index contributed by atoms with van der Waals surface area (Å²) in [6.07, 6.45) is 0.895. The largest absolute Gasteiger partial charge is 0.497 e. The first kappa shape index (κ1) is 13.3. The number of hydrogen-bond donors (Lipinski definition) is 1. The summed E-state index contributed by atoms with van der Waals surface area (Å²) in [6.45, 7) is 4.15. The summed E-state index contributed by atoms with van der Waals surface area (Å²) in [5.74, 6) is 2.47. The Morgan fingerprint density at radius 2 is 1.84 bits per heavy atom. The standard InChI is InChI=1S/C15H19N3O/c1-5-13-10(2)14(16-3)18-15(17-13)11-6-8-12(19-4)9-7-11/h6-9H,5H2,1-4H3,(H,16,17,18). The molecular formula is C15H19N3O. The first-order chi connectivity index (χ1) is 9.19. The fourth-order valence-corrected chi connectivity index (χ4v) is 2.02. The van der Waals surface area contributed by atoms with Gasteiger partial charge < -0.3 is 10.1 Å². The minimum absolute atomic E-state index is 0.745. The van der Waals surface area contributed by atoms with Crippen LogP contribution in [-0.2, 0) is 6.42 Å². The van der Waals surface area contributed by atoms with Gasteiger partial charge in [-0.3, -0.25) is 0 Å². The van der Waals surface area contributed by atoms with Gasteiger partial charge in [0, 0.05) is 23.9 Å². The van der Waals surface area contributed by atoms with Gasteiger partial charge in [0.15, 0.2) is 5.82 Å². The number of nitrogens with one attached hydrogen (secondary N) is 1. The molecule has 1 heterocycles. The molecule has 1 aromatic heterocycles. The summed E-state index contributed by atoms with van der Waals surface area (Å²) in [5, 5.41) is 3.13. The normalized spacial score (nSPS) is 10.3. The molecular weight excluding hydrogens is 238 g/mol. The van der Waals surface area contributed by atoms with Gasteiger partial charge in [-0.2, -0.15) is 0 Å². The van der Waals surface area contributed by atoms with E-state index in [-0.39, 0.29) is 0 Å². The van der Waals surface area contributed by atoms with E-state index in [2.05, 4.69) is 22.2 Å². The number of nitrogens with zero attached hydrogens (tertiary/aromatic N) is 2. The number of benzene rings is 1. The Bertz CT molecular complexity index is 539. The molecule has 0 aliphatic rings. The molecule has 0 unspecified atom stereocenters. The Morgan fingerprint density at radius 3 is 2.37 bits per heavy atom. The topological polar surface area (TPSA) is 47.0 Å². The van der Waals surface area contributed by atoms with Gasteiger partial charge in [-0.25, -0.2) is 9.97 Å². The molecule has 2 aromatic rings. The van der Waals surface area contributed by atoms with E-state index in [0.717, 1.165) is 40.6 Å². The van der Waals surface area contributed by atoms with Crippen molar-refractivity contribution in [1.82, 2.24) is 9.97 Å². The second kappa shape index (κ2) is 5.69. The average molecular weight is 257 g/mol. The summed E-state index contributed by atoms with van der Waals surface area (Å²) < 4.78 is 5.16. The predicted octanol–water partition coefficient (Wildman–Crippen LogP) is 3.06. The van der Waals surface area contributed by atoms with Crippen molar-refractivity contribution < 1.29 is 4.74 Å². The molecule has 0 atom stereocenters. The van der Waals surface area contributed by atoms with Crippen LogP contribution in [0.5, 0.6) is 5.75 Å². The number of rotatable bonds is 4. The highest BCUT2D eigenvalue weighted by molar-refractivity contribution is 5.60. The zero-order valence-corrected chi connectivity index (χ0v) is 11.8. The van der Waals surface area contributed by atoms with E-state index in [1.807, 2.05) is 38.2 Å². The smallest absolute Gasteiger partial charge is 0.161 e. The van der Waals surface area contributed by atoms with Gasteiger partial charge in [0.2, 0.25) is 0 Å². The lowest BCUT2D eigenvalue weighted by molar-refractivity contribution is 0.415. The summed E-state index contributed by atoms with van der Waals surface area (Å²) >= 11 is 0. The molecule has 0 radical (unpaired) electrons. The fourth-order valence-electron chi connectivity index (χ4n) is 2.02. The van der Waals surface area contributed by atoms with Crippen LogP contribution in [0.15, 0.2) is 24.3 Å². The van der Waals surface area contributed by atoms with E-state index in [4.69, 9.17) is 4.74 Å². The van der Waals surface area contributed by atoms with Crippen LogP contribution < -0.4 is 10.1 Å². The zero-order chi connectivity index (χ0) is 13.8. The number of anilines is 1. The molecule has 4 heteroatoms. The third-order valence-corrected chi connectivity index (χ3v) is 3.17. The highest BCUT2D eigenvalue weighted by Gasteiger charge is 2.10. The quantitative estimate of drug-likeness (QED) is 0.914. The third kappa shape index (κ3) is 2.67. The molecule has 100 valence electrons. The average Bonchev–Trinajstić information content (AvgIpc) is 2.47. The molecule has 2 rings (SSSR count). The van der Waals surface area contributed by atoms with E-state index in [0.29, 0.717) is 0 Å². The van der Waals surface area contributed by atoms with Crippen molar-refractivity contribution in [3.05, 3.63) is 35.5 Å². The van der Waals surface area contributed by atoms with Gasteiger partial charge in [0.05, 0.1) is 7.11 Å². The number of ether oxygens (including phenoxy) is 1. The summed E-state index contributed by atoms with van der Waals surface area (Å²) in [5.41, 5.74) is 3.18. The molecule has 0 aliphatic carbocycles. The Morgan fingerprint density at radius 1 is 1.16 bits per heavy atom.